The summed E-state index contributed by atoms with van der Waals surface area (Å²) < 4.78 is 29.6. The molecule has 1 saturated heterocycles. The zero-order valence-electron chi connectivity index (χ0n) is 21.8. The van der Waals surface area contributed by atoms with Crippen LogP contribution in [-0.2, 0) is 11.2 Å². The number of fused-ring (bicyclic) bond motifs is 1. The van der Waals surface area contributed by atoms with Gasteiger partial charge in [0.05, 0.1) is 19.8 Å². The molecule has 2 N–H and O–H groups in total. The first kappa shape index (κ1) is 24.0. The van der Waals surface area contributed by atoms with Gasteiger partial charge in [0.25, 0.3) is 0 Å². The Morgan fingerprint density at radius 2 is 2.17 bits per heavy atom. The van der Waals surface area contributed by atoms with Crippen LogP contribution in [-0.4, -0.2) is 54.9 Å². The third-order valence-corrected chi connectivity index (χ3v) is 5.91. The zero-order valence-corrected chi connectivity index (χ0v) is 20.8. The van der Waals surface area contributed by atoms with Gasteiger partial charge in [0.2, 0.25) is 0 Å². The fraction of sp³-hybridized carbons (Fsp3) is 0.480. The Bertz CT molecular complexity index is 1320. The van der Waals surface area contributed by atoms with E-state index in [1.54, 1.807) is 40.0 Å². The van der Waals surface area contributed by atoms with Gasteiger partial charge in [-0.15, -0.1) is 0 Å². The van der Waals surface area contributed by atoms with Crippen molar-refractivity contribution in [2.45, 2.75) is 71.0 Å². The number of hydrogen-bond acceptors (Lipinski definition) is 7. The predicted octanol–water partition coefficient (Wildman–Crippen LogP) is 4.15. The van der Waals surface area contributed by atoms with E-state index < -0.39 is 29.5 Å². The molecule has 0 bridgehead atoms. The van der Waals surface area contributed by atoms with Gasteiger partial charge in [-0.05, 0) is 71.1 Å². The summed E-state index contributed by atoms with van der Waals surface area (Å²) in [4.78, 5) is 34.6. The molecule has 4 rings (SSSR count). The van der Waals surface area contributed by atoms with Gasteiger partial charge in [-0.25, -0.2) is 23.5 Å². The highest BCUT2D eigenvalue weighted by Gasteiger charge is 2.30. The van der Waals surface area contributed by atoms with Gasteiger partial charge in [-0.2, -0.15) is 5.10 Å². The van der Waals surface area contributed by atoms with Crippen LogP contribution in [0, 0.1) is 5.82 Å². The van der Waals surface area contributed by atoms with Crippen molar-refractivity contribution in [1.29, 1.82) is 0 Å². The summed E-state index contributed by atoms with van der Waals surface area (Å²) >= 11 is 0. The lowest BCUT2D eigenvalue weighted by Crippen LogP contribution is -2.38. The number of ether oxygens (including phenoxy) is 1. The molecule has 0 aromatic carbocycles. The number of aromatic carboxylic acids is 1. The van der Waals surface area contributed by atoms with Crippen LogP contribution in [0.3, 0.4) is 0 Å². The van der Waals surface area contributed by atoms with E-state index in [1.165, 1.54) is 16.8 Å². The summed E-state index contributed by atoms with van der Waals surface area (Å²) in [5.74, 6) is -1.03. The lowest BCUT2D eigenvalue weighted by molar-refractivity contribution is 0.0505. The molecule has 0 radical (unpaired) electrons. The van der Waals surface area contributed by atoms with E-state index >= 15 is 0 Å². The van der Waals surface area contributed by atoms with Gasteiger partial charge < -0.3 is 20.1 Å². The number of carboxylic acid groups (broad SMARTS) is 1. The Morgan fingerprint density at radius 1 is 1.39 bits per heavy atom. The van der Waals surface area contributed by atoms with Crippen molar-refractivity contribution in [3.05, 3.63) is 53.4 Å². The number of anilines is 1. The average Bonchev–Trinajstić information content (AvgIpc) is 3.43. The maximum absolute atomic E-state index is 14.4. The molecule has 3 aromatic heterocycles. The zero-order chi connectivity index (χ0) is 27.0. The van der Waals surface area contributed by atoms with Gasteiger partial charge >= 0.3 is 12.1 Å². The third-order valence-electron chi connectivity index (χ3n) is 5.91. The normalized spacial score (nSPS) is 18.1. The molecular formula is C25H31FN6O4. The van der Waals surface area contributed by atoms with Crippen molar-refractivity contribution in [2.24, 2.45) is 0 Å². The maximum atomic E-state index is 14.4. The van der Waals surface area contributed by atoms with Crippen LogP contribution >= 0.6 is 0 Å². The first-order chi connectivity index (χ1) is 17.3. The smallest absolute Gasteiger partial charge is 0.407 e. The Kier molecular flexibility index (Phi) is 6.71. The van der Waals surface area contributed by atoms with Crippen molar-refractivity contribution in [3.8, 4) is 0 Å². The number of carbonyl (C=O) groups excluding carboxylic acids is 1. The quantitative estimate of drug-likeness (QED) is 0.497. The number of amides is 1. The summed E-state index contributed by atoms with van der Waals surface area (Å²) in [5, 5.41) is 16.1. The summed E-state index contributed by atoms with van der Waals surface area (Å²) in [7, 11) is 0. The van der Waals surface area contributed by atoms with Crippen LogP contribution in [0.15, 0.2) is 30.7 Å². The number of alkyl carbamates (subject to hydrolysis) is 1. The van der Waals surface area contributed by atoms with Crippen molar-refractivity contribution >= 4 is 23.5 Å². The summed E-state index contributed by atoms with van der Waals surface area (Å²) in [6.07, 6.45) is 5.49. The summed E-state index contributed by atoms with van der Waals surface area (Å²) in [6.45, 7) is 7.47. The maximum Gasteiger partial charge on any atom is 0.407 e. The Labute approximate surface area is 209 Å². The fourth-order valence-corrected chi connectivity index (χ4v) is 4.36. The number of nitrogens with one attached hydrogen (secondary N) is 1. The van der Waals surface area contributed by atoms with E-state index in [9.17, 15) is 19.1 Å². The second kappa shape index (κ2) is 10.1. The van der Waals surface area contributed by atoms with Crippen molar-refractivity contribution in [3.63, 3.8) is 0 Å². The molecule has 1 fully saturated rings. The Morgan fingerprint density at radius 3 is 2.89 bits per heavy atom. The van der Waals surface area contributed by atoms with Gasteiger partial charge in [0, 0.05) is 24.5 Å². The Hall–Kier alpha value is -3.76. The van der Waals surface area contributed by atoms with Crippen LogP contribution in [0.5, 0.6) is 0 Å². The number of aryl methyl sites for hydroxylation is 1. The minimum absolute atomic E-state index is 0.00192. The van der Waals surface area contributed by atoms with E-state index in [0.717, 1.165) is 19.0 Å². The molecule has 1 amide bonds. The minimum atomic E-state index is -1.33. The first-order valence-electron chi connectivity index (χ1n) is 12.3. The van der Waals surface area contributed by atoms with Crippen LogP contribution in [0.25, 0.3) is 5.65 Å². The van der Waals surface area contributed by atoms with Crippen molar-refractivity contribution in [1.82, 2.24) is 24.9 Å². The third kappa shape index (κ3) is 5.72. The molecule has 11 heteroatoms. The second-order valence-electron chi connectivity index (χ2n) is 9.87. The molecule has 0 aliphatic carbocycles. The summed E-state index contributed by atoms with van der Waals surface area (Å²) in [6, 6.07) is 1.64. The highest BCUT2D eigenvalue weighted by molar-refractivity contribution is 5.94. The molecule has 4 heterocycles. The van der Waals surface area contributed by atoms with Crippen LogP contribution in [0.1, 0.15) is 76.0 Å². The van der Waals surface area contributed by atoms with E-state index in [4.69, 9.17) is 6.11 Å². The molecule has 1 aliphatic rings. The van der Waals surface area contributed by atoms with Gasteiger partial charge in [-0.3, -0.25) is 4.98 Å². The molecule has 3 aromatic rings. The molecule has 2 atom stereocenters. The predicted molar refractivity (Wildman–Crippen MR) is 131 cm³/mol. The molecule has 192 valence electrons. The summed E-state index contributed by atoms with van der Waals surface area (Å²) in [5.41, 5.74) is 0.847. The average molecular weight is 500 g/mol. The fourth-order valence-electron chi connectivity index (χ4n) is 4.36. The number of nitrogens with zero attached hydrogens (tertiary/aromatic N) is 5. The van der Waals surface area contributed by atoms with Crippen molar-refractivity contribution < 1.29 is 25.2 Å². The van der Waals surface area contributed by atoms with E-state index in [0.29, 0.717) is 30.0 Å². The van der Waals surface area contributed by atoms with Crippen LogP contribution in [0.4, 0.5) is 15.0 Å². The lowest BCUT2D eigenvalue weighted by Gasteiger charge is -2.28. The van der Waals surface area contributed by atoms with E-state index in [1.807, 2.05) is 4.90 Å². The molecule has 36 heavy (non-hydrogen) atoms. The molecule has 10 nitrogen and oxygen atoms in total. The molecule has 2 unspecified atom stereocenters. The Balaban J connectivity index is 1.57. The minimum Gasteiger partial charge on any atom is -0.477 e. The van der Waals surface area contributed by atoms with Gasteiger partial charge in [-0.1, -0.05) is 0 Å². The van der Waals surface area contributed by atoms with Gasteiger partial charge in [0.15, 0.2) is 5.65 Å². The SMILES string of the molecule is [2H]C(C)(CCc1ncc(F)cc1C1CCCN1c1ccn2ncc(C(=O)O)c2n1)NC(=O)OC(C)(C)C. The van der Waals surface area contributed by atoms with Crippen LogP contribution < -0.4 is 10.2 Å². The standard InChI is InChI=1S/C25H31FN6O4/c1-15(29-24(35)36-25(2,3)4)7-8-19-17(12-16(26)13-27-19)20-6-5-10-31(20)21-9-11-32-22(30-21)18(14-28-32)23(33)34/h9,11-15,20H,5-8,10H2,1-4H3,(H,29,35)(H,33,34)/i15D. The monoisotopic (exact) mass is 499 g/mol. The number of carboxylic acids is 1. The lowest BCUT2D eigenvalue weighted by atomic mass is 9.98. The second-order valence-corrected chi connectivity index (χ2v) is 9.87. The molecular weight excluding hydrogens is 467 g/mol. The highest BCUT2D eigenvalue weighted by atomic mass is 19.1. The largest absolute Gasteiger partial charge is 0.477 e. The number of pyridine rings is 1. The van der Waals surface area contributed by atoms with Crippen LogP contribution in [0.2, 0.25) is 0 Å². The number of halogens is 1. The molecule has 0 saturated carbocycles. The topological polar surface area (TPSA) is 122 Å². The molecule has 1 aliphatic heterocycles. The van der Waals surface area contributed by atoms with Crippen molar-refractivity contribution in [2.75, 3.05) is 11.4 Å². The van der Waals surface area contributed by atoms with E-state index in [-0.39, 0.29) is 23.7 Å². The highest BCUT2D eigenvalue weighted by Crippen LogP contribution is 2.37. The number of rotatable bonds is 7. The molecule has 0 spiro atoms. The van der Waals surface area contributed by atoms with Gasteiger partial charge in [0.1, 0.15) is 22.8 Å². The number of hydrogen-bond donors (Lipinski definition) is 2. The van der Waals surface area contributed by atoms with E-state index in [2.05, 4.69) is 20.4 Å². The number of aromatic nitrogens is 4. The first-order valence-corrected chi connectivity index (χ1v) is 11.8. The number of carbonyl (C=O) groups is 2.